The van der Waals surface area contributed by atoms with Gasteiger partial charge in [-0.1, -0.05) is 31.4 Å². The Labute approximate surface area is 145 Å². The fourth-order valence-electron chi connectivity index (χ4n) is 3.06. The zero-order chi connectivity index (χ0) is 17.0. The number of hydrogen-bond donors (Lipinski definition) is 2. The third-order valence-corrected chi connectivity index (χ3v) is 5.07. The van der Waals surface area contributed by atoms with Crippen molar-refractivity contribution in [2.24, 2.45) is 0 Å². The quantitative estimate of drug-likeness (QED) is 0.887. The molecule has 0 aliphatic heterocycles. The van der Waals surface area contributed by atoms with E-state index in [2.05, 4.69) is 16.4 Å². The largest absolute Gasteiger partial charge is 0.389 e. The smallest absolute Gasteiger partial charge is 0.229 e. The molecule has 0 saturated heterocycles. The Morgan fingerprint density at radius 3 is 2.92 bits per heavy atom. The second-order valence-corrected chi connectivity index (χ2v) is 7.10. The summed E-state index contributed by atoms with van der Waals surface area (Å²) in [7, 11) is 0. The van der Waals surface area contributed by atoms with Crippen LogP contribution in [0.3, 0.4) is 0 Å². The number of benzene rings is 1. The average molecular weight is 341 g/mol. The molecule has 0 spiro atoms. The number of amides is 1. The van der Waals surface area contributed by atoms with E-state index in [1.807, 2.05) is 17.5 Å². The van der Waals surface area contributed by atoms with Crippen molar-refractivity contribution >= 4 is 22.4 Å². The molecule has 5 nitrogen and oxygen atoms in total. The number of rotatable bonds is 4. The summed E-state index contributed by atoms with van der Waals surface area (Å²) in [6.45, 7) is 0. The zero-order valence-electron chi connectivity index (χ0n) is 13.3. The van der Waals surface area contributed by atoms with Gasteiger partial charge in [-0.05, 0) is 25.0 Å². The first-order valence-corrected chi connectivity index (χ1v) is 8.94. The maximum atomic E-state index is 12.2. The van der Waals surface area contributed by atoms with E-state index in [1.54, 1.807) is 12.1 Å². The Kier molecular flexibility index (Phi) is 4.93. The van der Waals surface area contributed by atoms with Crippen LogP contribution in [0.2, 0.25) is 0 Å². The van der Waals surface area contributed by atoms with Crippen LogP contribution in [0, 0.1) is 11.3 Å². The van der Waals surface area contributed by atoms with Gasteiger partial charge in [0.25, 0.3) is 0 Å². The van der Waals surface area contributed by atoms with Gasteiger partial charge < -0.3 is 10.4 Å². The zero-order valence-corrected chi connectivity index (χ0v) is 14.1. The van der Waals surface area contributed by atoms with Crippen LogP contribution in [-0.2, 0) is 4.79 Å². The Morgan fingerprint density at radius 1 is 1.38 bits per heavy atom. The molecule has 3 rings (SSSR count). The summed E-state index contributed by atoms with van der Waals surface area (Å²) < 4.78 is 0. The molecule has 0 atom stereocenters. The molecule has 2 N–H and O–H groups in total. The van der Waals surface area contributed by atoms with Crippen LogP contribution in [0.15, 0.2) is 29.6 Å². The van der Waals surface area contributed by atoms with Crippen molar-refractivity contribution in [3.63, 3.8) is 0 Å². The molecule has 2 aromatic rings. The lowest BCUT2D eigenvalue weighted by atomic mass is 9.82. The molecule has 1 saturated carbocycles. The van der Waals surface area contributed by atoms with Gasteiger partial charge in [-0.15, -0.1) is 11.3 Å². The van der Waals surface area contributed by atoms with Gasteiger partial charge in [0.15, 0.2) is 5.13 Å². The van der Waals surface area contributed by atoms with E-state index < -0.39 is 5.60 Å². The van der Waals surface area contributed by atoms with E-state index in [0.29, 0.717) is 23.5 Å². The van der Waals surface area contributed by atoms with Crippen LogP contribution in [-0.4, -0.2) is 21.6 Å². The maximum Gasteiger partial charge on any atom is 0.229 e. The summed E-state index contributed by atoms with van der Waals surface area (Å²) in [6, 6.07) is 9.30. The summed E-state index contributed by atoms with van der Waals surface area (Å²) >= 11 is 1.34. The van der Waals surface area contributed by atoms with Gasteiger partial charge in [0.2, 0.25) is 5.91 Å². The van der Waals surface area contributed by atoms with Gasteiger partial charge in [-0.3, -0.25) is 4.79 Å². The van der Waals surface area contributed by atoms with Gasteiger partial charge in [0.1, 0.15) is 0 Å². The fraction of sp³-hybridized carbons (Fsp3) is 0.389. The molecular weight excluding hydrogens is 322 g/mol. The SMILES string of the molecule is N#Cc1cccc(-c2csc(NC(=O)CC3(O)CCCCC3)n2)c1. The van der Waals surface area contributed by atoms with Crippen molar-refractivity contribution < 1.29 is 9.90 Å². The average Bonchev–Trinajstić information content (AvgIpc) is 3.03. The molecule has 1 aliphatic rings. The monoisotopic (exact) mass is 341 g/mol. The summed E-state index contributed by atoms with van der Waals surface area (Å²) in [5.74, 6) is -0.203. The lowest BCUT2D eigenvalue weighted by Gasteiger charge is -2.31. The fourth-order valence-corrected chi connectivity index (χ4v) is 3.80. The van der Waals surface area contributed by atoms with Crippen molar-refractivity contribution in [1.29, 1.82) is 5.26 Å². The Morgan fingerprint density at radius 2 is 2.17 bits per heavy atom. The molecule has 1 amide bonds. The van der Waals surface area contributed by atoms with Crippen LogP contribution in [0.25, 0.3) is 11.3 Å². The minimum Gasteiger partial charge on any atom is -0.389 e. The summed E-state index contributed by atoms with van der Waals surface area (Å²) in [6.07, 6.45) is 4.56. The van der Waals surface area contributed by atoms with E-state index in [9.17, 15) is 9.90 Å². The standard InChI is InChI=1S/C18H19N3O2S/c19-11-13-5-4-6-14(9-13)15-12-24-17(20-15)21-16(22)10-18(23)7-2-1-3-8-18/h4-6,9,12,23H,1-3,7-8,10H2,(H,20,21,22). The van der Waals surface area contributed by atoms with Crippen LogP contribution in [0.1, 0.15) is 44.1 Å². The first-order chi connectivity index (χ1) is 11.6. The van der Waals surface area contributed by atoms with E-state index in [1.165, 1.54) is 11.3 Å². The molecule has 1 heterocycles. The topological polar surface area (TPSA) is 86.0 Å². The minimum absolute atomic E-state index is 0.117. The lowest BCUT2D eigenvalue weighted by Crippen LogP contribution is -2.35. The number of nitrogens with zero attached hydrogens (tertiary/aromatic N) is 2. The molecular formula is C18H19N3O2S. The van der Waals surface area contributed by atoms with E-state index in [0.717, 1.165) is 30.5 Å². The molecule has 1 aliphatic carbocycles. The van der Waals surface area contributed by atoms with Gasteiger partial charge in [-0.25, -0.2) is 4.98 Å². The highest BCUT2D eigenvalue weighted by Gasteiger charge is 2.31. The number of carbonyl (C=O) groups excluding carboxylic acids is 1. The van der Waals surface area contributed by atoms with Crippen molar-refractivity contribution in [1.82, 2.24) is 4.98 Å². The Hall–Kier alpha value is -2.23. The number of nitrogens with one attached hydrogen (secondary N) is 1. The third kappa shape index (κ3) is 3.99. The van der Waals surface area contributed by atoms with Gasteiger partial charge in [-0.2, -0.15) is 5.26 Å². The Bertz CT molecular complexity index is 773. The van der Waals surface area contributed by atoms with Crippen molar-refractivity contribution in [3.05, 3.63) is 35.2 Å². The Balaban J connectivity index is 1.65. The van der Waals surface area contributed by atoms with Gasteiger partial charge in [0, 0.05) is 10.9 Å². The highest BCUT2D eigenvalue weighted by molar-refractivity contribution is 7.14. The number of thiazole rings is 1. The maximum absolute atomic E-state index is 12.2. The lowest BCUT2D eigenvalue weighted by molar-refractivity contribution is -0.122. The van der Waals surface area contributed by atoms with E-state index >= 15 is 0 Å². The highest BCUT2D eigenvalue weighted by atomic mass is 32.1. The minimum atomic E-state index is -0.871. The molecule has 1 aromatic carbocycles. The number of aromatic nitrogens is 1. The second kappa shape index (κ2) is 7.12. The molecule has 124 valence electrons. The summed E-state index contributed by atoms with van der Waals surface area (Å²) in [4.78, 5) is 16.6. The summed E-state index contributed by atoms with van der Waals surface area (Å²) in [5, 5.41) is 24.6. The first kappa shape index (κ1) is 16.6. The molecule has 24 heavy (non-hydrogen) atoms. The highest BCUT2D eigenvalue weighted by Crippen LogP contribution is 2.31. The predicted molar refractivity (Wildman–Crippen MR) is 93.5 cm³/mol. The van der Waals surface area contributed by atoms with Crippen LogP contribution < -0.4 is 5.32 Å². The van der Waals surface area contributed by atoms with Crippen LogP contribution in [0.4, 0.5) is 5.13 Å². The number of aliphatic hydroxyl groups is 1. The number of anilines is 1. The number of nitriles is 1. The van der Waals surface area contributed by atoms with Crippen molar-refractivity contribution in [3.8, 4) is 17.3 Å². The van der Waals surface area contributed by atoms with E-state index in [-0.39, 0.29) is 12.3 Å². The van der Waals surface area contributed by atoms with Gasteiger partial charge in [0.05, 0.1) is 29.3 Å². The van der Waals surface area contributed by atoms with E-state index in [4.69, 9.17) is 5.26 Å². The van der Waals surface area contributed by atoms with Crippen LogP contribution >= 0.6 is 11.3 Å². The van der Waals surface area contributed by atoms with Gasteiger partial charge >= 0.3 is 0 Å². The molecule has 1 fully saturated rings. The molecule has 0 radical (unpaired) electrons. The molecule has 0 bridgehead atoms. The molecule has 6 heteroatoms. The van der Waals surface area contributed by atoms with Crippen molar-refractivity contribution in [2.45, 2.75) is 44.1 Å². The number of hydrogen-bond acceptors (Lipinski definition) is 5. The van der Waals surface area contributed by atoms with Crippen LogP contribution in [0.5, 0.6) is 0 Å². The predicted octanol–water partition coefficient (Wildman–Crippen LogP) is 3.71. The normalized spacial score (nSPS) is 16.3. The molecule has 1 aromatic heterocycles. The number of carbonyl (C=O) groups is 1. The second-order valence-electron chi connectivity index (χ2n) is 6.24. The first-order valence-electron chi connectivity index (χ1n) is 8.06. The molecule has 0 unspecified atom stereocenters. The third-order valence-electron chi connectivity index (χ3n) is 4.31. The summed E-state index contributed by atoms with van der Waals surface area (Å²) in [5.41, 5.74) is 1.27. The van der Waals surface area contributed by atoms with Crippen molar-refractivity contribution in [2.75, 3.05) is 5.32 Å².